The summed E-state index contributed by atoms with van der Waals surface area (Å²) in [6, 6.07) is 0. The van der Waals surface area contributed by atoms with Crippen molar-refractivity contribution in [2.75, 3.05) is 6.61 Å². The van der Waals surface area contributed by atoms with Crippen LogP contribution in [0.25, 0.3) is 0 Å². The second-order valence-corrected chi connectivity index (χ2v) is 1.72. The Kier molecular flexibility index (Phi) is 4.76. The second-order valence-electron chi connectivity index (χ2n) is 1.19. The maximum absolute atomic E-state index is 4.97. The molecule has 0 saturated heterocycles. The Hall–Kier alpha value is -0.240. The van der Waals surface area contributed by atoms with Crippen molar-refractivity contribution < 1.29 is 4.74 Å². The fourth-order valence-electron chi connectivity index (χ4n) is 0.304. The third-order valence-electron chi connectivity index (χ3n) is 0.579. The molecule has 0 saturated carbocycles. The molecule has 0 bridgehead atoms. The van der Waals surface area contributed by atoms with Gasteiger partial charge in [-0.3, -0.25) is 0 Å². The van der Waals surface area contributed by atoms with Gasteiger partial charge in [0.15, 0.2) is 0 Å². The van der Waals surface area contributed by atoms with E-state index in [1.165, 1.54) is 0 Å². The van der Waals surface area contributed by atoms with E-state index in [2.05, 4.69) is 22.5 Å². The lowest BCUT2D eigenvalue weighted by molar-refractivity contribution is 0.244. The minimum atomic E-state index is 0.677. The second kappa shape index (κ2) is 4.91. The Labute approximate surface area is 58.2 Å². The van der Waals surface area contributed by atoms with Gasteiger partial charge in [0.05, 0.1) is 6.61 Å². The molecule has 0 aliphatic rings. The predicted octanol–water partition coefficient (Wildman–Crippen LogP) is 2.45. The molecule has 1 nitrogen and oxygen atoms in total. The van der Waals surface area contributed by atoms with Crippen LogP contribution in [0.4, 0.5) is 0 Å². The molecule has 46 valence electrons. The first-order valence-corrected chi connectivity index (χ1v) is 3.31. The molecule has 0 unspecified atom stereocenters. The number of rotatable bonds is 3. The van der Waals surface area contributed by atoms with E-state index >= 15 is 0 Å². The molecule has 0 aliphatic heterocycles. The van der Waals surface area contributed by atoms with Gasteiger partial charge in [0.2, 0.25) is 0 Å². The molecule has 0 radical (unpaired) electrons. The van der Waals surface area contributed by atoms with Crippen LogP contribution in [0, 0.1) is 0 Å². The lowest BCUT2D eigenvalue weighted by Gasteiger charge is -1.97. The van der Waals surface area contributed by atoms with Gasteiger partial charge in [-0.2, -0.15) is 0 Å². The summed E-state index contributed by atoms with van der Waals surface area (Å²) in [5, 5.41) is 0. The Bertz CT molecular complexity index is 96.7. The number of halogens is 1. The third-order valence-corrected chi connectivity index (χ3v) is 0.843. The maximum atomic E-state index is 4.97. The van der Waals surface area contributed by atoms with E-state index < -0.39 is 0 Å². The zero-order valence-corrected chi connectivity index (χ0v) is 6.44. The highest BCUT2D eigenvalue weighted by molar-refractivity contribution is 9.11. The molecule has 0 rings (SSSR count). The van der Waals surface area contributed by atoms with E-state index in [9.17, 15) is 0 Å². The Morgan fingerprint density at radius 1 is 1.88 bits per heavy atom. The average Bonchev–Trinajstić information content (AvgIpc) is 1.68. The van der Waals surface area contributed by atoms with Gasteiger partial charge in [0, 0.05) is 0 Å². The Morgan fingerprint density at radius 2 is 2.50 bits per heavy atom. The van der Waals surface area contributed by atoms with E-state index in [-0.39, 0.29) is 0 Å². The largest absolute Gasteiger partial charge is 0.494 e. The van der Waals surface area contributed by atoms with Crippen LogP contribution in [-0.4, -0.2) is 6.61 Å². The minimum Gasteiger partial charge on any atom is -0.494 e. The molecule has 2 heteroatoms. The molecule has 0 amide bonds. The highest BCUT2D eigenvalue weighted by Crippen LogP contribution is 1.96. The molecule has 0 aromatic heterocycles. The molecule has 0 fully saturated rings. The minimum absolute atomic E-state index is 0.677. The predicted molar refractivity (Wildman–Crippen MR) is 38.8 cm³/mol. The standard InChI is InChI=1S/C6H9BrO/c1-3-8-6(2)4-5-7/h4-5H,2-3H2,1H3/b5-4+. The molecule has 0 heterocycles. The maximum Gasteiger partial charge on any atom is 0.112 e. The van der Waals surface area contributed by atoms with E-state index in [1.807, 2.05) is 6.92 Å². The van der Waals surface area contributed by atoms with Crippen LogP contribution < -0.4 is 0 Å². The van der Waals surface area contributed by atoms with E-state index in [4.69, 9.17) is 4.74 Å². The number of hydrogen-bond acceptors (Lipinski definition) is 1. The molecule has 0 aromatic rings. The van der Waals surface area contributed by atoms with Crippen LogP contribution in [0.15, 0.2) is 23.4 Å². The van der Waals surface area contributed by atoms with Gasteiger partial charge in [-0.1, -0.05) is 22.5 Å². The summed E-state index contributed by atoms with van der Waals surface area (Å²) in [7, 11) is 0. The Balaban J connectivity index is 3.33. The van der Waals surface area contributed by atoms with Crippen molar-refractivity contribution in [3.8, 4) is 0 Å². The van der Waals surface area contributed by atoms with Crippen molar-refractivity contribution in [2.45, 2.75) is 6.92 Å². The topological polar surface area (TPSA) is 9.23 Å². The van der Waals surface area contributed by atoms with Crippen molar-refractivity contribution in [3.05, 3.63) is 23.4 Å². The van der Waals surface area contributed by atoms with Gasteiger partial charge in [-0.25, -0.2) is 0 Å². The lowest BCUT2D eigenvalue weighted by Crippen LogP contribution is -1.83. The SMILES string of the molecule is C=C(/C=C/Br)OCC. The number of hydrogen-bond donors (Lipinski definition) is 0. The van der Waals surface area contributed by atoms with Crippen molar-refractivity contribution in [1.29, 1.82) is 0 Å². The van der Waals surface area contributed by atoms with Crippen LogP contribution in [0.1, 0.15) is 6.92 Å². The fourth-order valence-corrected chi connectivity index (χ4v) is 0.599. The number of ether oxygens (including phenoxy) is 1. The van der Waals surface area contributed by atoms with Crippen LogP contribution >= 0.6 is 15.9 Å². The first-order chi connectivity index (χ1) is 3.81. The molecular formula is C6H9BrO. The molecule has 0 aliphatic carbocycles. The zero-order chi connectivity index (χ0) is 6.41. The molecule has 0 spiro atoms. The quantitative estimate of drug-likeness (QED) is 0.475. The van der Waals surface area contributed by atoms with Crippen molar-refractivity contribution in [1.82, 2.24) is 0 Å². The normalized spacial score (nSPS) is 9.75. The van der Waals surface area contributed by atoms with Crippen molar-refractivity contribution in [3.63, 3.8) is 0 Å². The molecule has 0 aromatic carbocycles. The lowest BCUT2D eigenvalue weighted by atomic mass is 10.5. The first kappa shape index (κ1) is 7.76. The molecule has 0 N–H and O–H groups in total. The van der Waals surface area contributed by atoms with Gasteiger partial charge in [-0.05, 0) is 18.0 Å². The summed E-state index contributed by atoms with van der Waals surface area (Å²) in [5.74, 6) is 0.685. The summed E-state index contributed by atoms with van der Waals surface area (Å²) < 4.78 is 4.97. The van der Waals surface area contributed by atoms with Crippen molar-refractivity contribution >= 4 is 15.9 Å². The summed E-state index contributed by atoms with van der Waals surface area (Å²) >= 11 is 3.10. The van der Waals surface area contributed by atoms with E-state index in [0.29, 0.717) is 12.4 Å². The summed E-state index contributed by atoms with van der Waals surface area (Å²) in [6.07, 6.45) is 1.75. The van der Waals surface area contributed by atoms with E-state index in [0.717, 1.165) is 0 Å². The van der Waals surface area contributed by atoms with Crippen molar-refractivity contribution in [2.24, 2.45) is 0 Å². The summed E-state index contributed by atoms with van der Waals surface area (Å²) in [4.78, 5) is 1.71. The van der Waals surface area contributed by atoms with Crippen LogP contribution in [0.2, 0.25) is 0 Å². The summed E-state index contributed by atoms with van der Waals surface area (Å²) in [5.41, 5.74) is 0. The van der Waals surface area contributed by atoms with Crippen LogP contribution in [0.3, 0.4) is 0 Å². The van der Waals surface area contributed by atoms with Gasteiger partial charge >= 0.3 is 0 Å². The molecular weight excluding hydrogens is 168 g/mol. The highest BCUT2D eigenvalue weighted by Gasteiger charge is 1.80. The smallest absolute Gasteiger partial charge is 0.112 e. The zero-order valence-electron chi connectivity index (χ0n) is 4.86. The third kappa shape index (κ3) is 3.93. The van der Waals surface area contributed by atoms with E-state index in [1.54, 1.807) is 11.1 Å². The van der Waals surface area contributed by atoms with Crippen LogP contribution in [0.5, 0.6) is 0 Å². The number of allylic oxidation sites excluding steroid dienone is 1. The van der Waals surface area contributed by atoms with Crippen LogP contribution in [-0.2, 0) is 4.74 Å². The van der Waals surface area contributed by atoms with Gasteiger partial charge < -0.3 is 4.74 Å². The summed E-state index contributed by atoms with van der Waals surface area (Å²) in [6.45, 7) is 6.20. The van der Waals surface area contributed by atoms with Gasteiger partial charge in [0.25, 0.3) is 0 Å². The molecule has 0 atom stereocenters. The monoisotopic (exact) mass is 176 g/mol. The van der Waals surface area contributed by atoms with Gasteiger partial charge in [-0.15, -0.1) is 0 Å². The highest BCUT2D eigenvalue weighted by atomic mass is 79.9. The molecule has 8 heavy (non-hydrogen) atoms. The average molecular weight is 177 g/mol. The fraction of sp³-hybridized carbons (Fsp3) is 0.333. The Morgan fingerprint density at radius 3 is 2.88 bits per heavy atom. The van der Waals surface area contributed by atoms with Gasteiger partial charge in [0.1, 0.15) is 5.76 Å². The first-order valence-electron chi connectivity index (χ1n) is 2.39.